The molecule has 0 aromatic heterocycles. The van der Waals surface area contributed by atoms with Crippen LogP contribution in [0.5, 0.6) is 0 Å². The summed E-state index contributed by atoms with van der Waals surface area (Å²) >= 11 is 6.28. The third-order valence-corrected chi connectivity index (χ3v) is 5.33. The Labute approximate surface area is 125 Å². The Morgan fingerprint density at radius 3 is 2.60 bits per heavy atom. The number of benzene rings is 1. The van der Waals surface area contributed by atoms with Gasteiger partial charge in [-0.25, -0.2) is 0 Å². The highest BCUT2D eigenvalue weighted by atomic mass is 35.5. The van der Waals surface area contributed by atoms with Gasteiger partial charge in [0.05, 0.1) is 5.41 Å². The van der Waals surface area contributed by atoms with Crippen molar-refractivity contribution in [3.63, 3.8) is 0 Å². The summed E-state index contributed by atoms with van der Waals surface area (Å²) in [5.74, 6) is 0.777. The highest BCUT2D eigenvalue weighted by molar-refractivity contribution is 6.31. The van der Waals surface area contributed by atoms with Crippen molar-refractivity contribution >= 4 is 17.5 Å². The van der Waals surface area contributed by atoms with Crippen molar-refractivity contribution in [2.75, 3.05) is 0 Å². The van der Waals surface area contributed by atoms with E-state index in [9.17, 15) is 4.79 Å². The molecule has 1 aromatic carbocycles. The Kier molecular flexibility index (Phi) is 3.76. The molecule has 0 bridgehead atoms. The van der Waals surface area contributed by atoms with E-state index in [4.69, 9.17) is 11.6 Å². The molecule has 2 nitrogen and oxygen atoms in total. The summed E-state index contributed by atoms with van der Waals surface area (Å²) in [6, 6.07) is 8.12. The van der Waals surface area contributed by atoms with Gasteiger partial charge in [0, 0.05) is 11.1 Å². The zero-order valence-electron chi connectivity index (χ0n) is 12.0. The lowest BCUT2D eigenvalue weighted by Gasteiger charge is -2.31. The van der Waals surface area contributed by atoms with E-state index in [0.29, 0.717) is 12.0 Å². The Morgan fingerprint density at radius 2 is 1.95 bits per heavy atom. The van der Waals surface area contributed by atoms with Crippen LogP contribution >= 0.6 is 11.6 Å². The first-order valence-electron chi connectivity index (χ1n) is 7.69. The second kappa shape index (κ2) is 5.40. The van der Waals surface area contributed by atoms with Gasteiger partial charge in [0.2, 0.25) is 5.91 Å². The standard InChI is InChI=1S/C17H22ClNO/c1-12-6-2-5-9-15(12)19-16(20)17(10-11-17)13-7-3-4-8-14(13)18/h3-4,7-8,12,15H,2,5-6,9-11H2,1H3,(H,19,20). The first-order valence-corrected chi connectivity index (χ1v) is 8.07. The van der Waals surface area contributed by atoms with E-state index < -0.39 is 0 Å². The van der Waals surface area contributed by atoms with Gasteiger partial charge in [-0.15, -0.1) is 0 Å². The summed E-state index contributed by atoms with van der Waals surface area (Å²) in [7, 11) is 0. The number of amides is 1. The van der Waals surface area contributed by atoms with Gasteiger partial charge in [-0.1, -0.05) is 49.6 Å². The van der Waals surface area contributed by atoms with Gasteiger partial charge < -0.3 is 5.32 Å². The Hall–Kier alpha value is -1.02. The minimum atomic E-state index is -0.352. The average Bonchev–Trinajstić information content (AvgIpc) is 3.23. The van der Waals surface area contributed by atoms with E-state index in [0.717, 1.165) is 29.8 Å². The normalized spacial score (nSPS) is 27.9. The fourth-order valence-corrected chi connectivity index (χ4v) is 3.75. The minimum absolute atomic E-state index is 0.185. The van der Waals surface area contributed by atoms with Crippen LogP contribution in [-0.2, 0) is 10.2 Å². The molecule has 0 spiro atoms. The van der Waals surface area contributed by atoms with Crippen LogP contribution in [0.2, 0.25) is 5.02 Å². The molecule has 0 heterocycles. The van der Waals surface area contributed by atoms with Crippen LogP contribution in [0.15, 0.2) is 24.3 Å². The zero-order valence-corrected chi connectivity index (χ0v) is 12.7. The quantitative estimate of drug-likeness (QED) is 0.894. The Morgan fingerprint density at radius 1 is 1.25 bits per heavy atom. The molecule has 2 saturated carbocycles. The first kappa shape index (κ1) is 13.9. The van der Waals surface area contributed by atoms with Crippen LogP contribution < -0.4 is 5.32 Å². The molecule has 2 fully saturated rings. The van der Waals surface area contributed by atoms with Gasteiger partial charge in [0.1, 0.15) is 0 Å². The number of halogens is 1. The summed E-state index contributed by atoms with van der Waals surface area (Å²) in [5, 5.41) is 4.02. The second-order valence-electron chi connectivity index (χ2n) is 6.40. The number of rotatable bonds is 3. The molecule has 1 aromatic rings. The molecule has 1 amide bonds. The van der Waals surface area contributed by atoms with Gasteiger partial charge in [-0.05, 0) is 43.2 Å². The average molecular weight is 292 g/mol. The monoisotopic (exact) mass is 291 g/mol. The van der Waals surface area contributed by atoms with E-state index in [1.165, 1.54) is 19.3 Å². The number of hydrogen-bond acceptors (Lipinski definition) is 1. The first-order chi connectivity index (χ1) is 9.63. The van der Waals surface area contributed by atoms with Crippen molar-refractivity contribution in [2.45, 2.75) is 56.9 Å². The molecule has 2 unspecified atom stereocenters. The molecule has 1 N–H and O–H groups in total. The zero-order chi connectivity index (χ0) is 14.2. The van der Waals surface area contributed by atoms with Crippen LogP contribution in [0.25, 0.3) is 0 Å². The Balaban J connectivity index is 1.75. The molecule has 3 rings (SSSR count). The predicted octanol–water partition coefficient (Wildman–Crippen LogP) is 4.07. The van der Waals surface area contributed by atoms with Gasteiger partial charge in [0.15, 0.2) is 0 Å². The van der Waals surface area contributed by atoms with Crippen LogP contribution in [0.4, 0.5) is 0 Å². The van der Waals surface area contributed by atoms with E-state index in [1.807, 2.05) is 24.3 Å². The summed E-state index contributed by atoms with van der Waals surface area (Å²) < 4.78 is 0. The molecule has 2 aliphatic rings. The number of hydrogen-bond donors (Lipinski definition) is 1. The van der Waals surface area contributed by atoms with Crippen molar-refractivity contribution in [3.05, 3.63) is 34.9 Å². The predicted molar refractivity (Wildman–Crippen MR) is 81.9 cm³/mol. The number of carbonyl (C=O) groups excluding carboxylic acids is 1. The maximum atomic E-state index is 12.7. The lowest BCUT2D eigenvalue weighted by atomic mass is 9.85. The Bertz CT molecular complexity index is 509. The topological polar surface area (TPSA) is 29.1 Å². The van der Waals surface area contributed by atoms with Crippen LogP contribution in [0.3, 0.4) is 0 Å². The molecule has 108 valence electrons. The summed E-state index contributed by atoms with van der Waals surface area (Å²) in [4.78, 5) is 12.7. The molecule has 0 radical (unpaired) electrons. The van der Waals surface area contributed by atoms with E-state index in [1.54, 1.807) is 0 Å². The lowest BCUT2D eigenvalue weighted by molar-refractivity contribution is -0.124. The molecule has 0 aliphatic heterocycles. The van der Waals surface area contributed by atoms with Crippen molar-refractivity contribution in [2.24, 2.45) is 5.92 Å². The van der Waals surface area contributed by atoms with E-state index in [2.05, 4.69) is 12.2 Å². The smallest absolute Gasteiger partial charge is 0.230 e. The minimum Gasteiger partial charge on any atom is -0.352 e. The van der Waals surface area contributed by atoms with Crippen molar-refractivity contribution in [1.82, 2.24) is 5.32 Å². The lowest BCUT2D eigenvalue weighted by Crippen LogP contribution is -2.45. The van der Waals surface area contributed by atoms with Crippen LogP contribution in [0, 0.1) is 5.92 Å². The maximum absolute atomic E-state index is 12.7. The highest BCUT2D eigenvalue weighted by Crippen LogP contribution is 2.50. The van der Waals surface area contributed by atoms with Gasteiger partial charge in [-0.2, -0.15) is 0 Å². The molecule has 2 aliphatic carbocycles. The SMILES string of the molecule is CC1CCCCC1NC(=O)C1(c2ccccc2Cl)CC1. The van der Waals surface area contributed by atoms with Crippen molar-refractivity contribution in [3.8, 4) is 0 Å². The number of carbonyl (C=O) groups is 1. The van der Waals surface area contributed by atoms with E-state index >= 15 is 0 Å². The fraction of sp³-hybridized carbons (Fsp3) is 0.588. The number of nitrogens with one attached hydrogen (secondary N) is 1. The van der Waals surface area contributed by atoms with Crippen molar-refractivity contribution in [1.29, 1.82) is 0 Å². The summed E-state index contributed by atoms with van der Waals surface area (Å²) in [5.41, 5.74) is 0.651. The van der Waals surface area contributed by atoms with Gasteiger partial charge >= 0.3 is 0 Å². The third-order valence-electron chi connectivity index (χ3n) is 5.00. The molecular weight excluding hydrogens is 270 g/mol. The van der Waals surface area contributed by atoms with Gasteiger partial charge in [-0.3, -0.25) is 4.79 Å². The second-order valence-corrected chi connectivity index (χ2v) is 6.81. The molecule has 20 heavy (non-hydrogen) atoms. The molecule has 0 saturated heterocycles. The van der Waals surface area contributed by atoms with Crippen LogP contribution in [-0.4, -0.2) is 11.9 Å². The molecular formula is C17H22ClNO. The van der Waals surface area contributed by atoms with Crippen molar-refractivity contribution < 1.29 is 4.79 Å². The highest BCUT2D eigenvalue weighted by Gasteiger charge is 2.52. The fourth-order valence-electron chi connectivity index (χ4n) is 3.43. The molecule has 2 atom stereocenters. The molecule has 3 heteroatoms. The summed E-state index contributed by atoms with van der Waals surface area (Å²) in [6.07, 6.45) is 6.71. The largest absolute Gasteiger partial charge is 0.352 e. The summed E-state index contributed by atoms with van der Waals surface area (Å²) in [6.45, 7) is 2.25. The van der Waals surface area contributed by atoms with E-state index in [-0.39, 0.29) is 11.3 Å². The van der Waals surface area contributed by atoms with Gasteiger partial charge in [0.25, 0.3) is 0 Å². The maximum Gasteiger partial charge on any atom is 0.230 e. The third kappa shape index (κ3) is 2.46. The van der Waals surface area contributed by atoms with Crippen LogP contribution in [0.1, 0.15) is 51.0 Å².